The number of hydrogen-bond donors (Lipinski definition) is 3. The third-order valence-electron chi connectivity index (χ3n) is 11.8. The summed E-state index contributed by atoms with van der Waals surface area (Å²) >= 11 is 0. The van der Waals surface area contributed by atoms with Gasteiger partial charge in [-0.15, -0.1) is 0 Å². The van der Waals surface area contributed by atoms with Gasteiger partial charge in [0.2, 0.25) is 0 Å². The lowest BCUT2D eigenvalue weighted by atomic mass is 9.76. The summed E-state index contributed by atoms with van der Waals surface area (Å²) in [7, 11) is 0. The van der Waals surface area contributed by atoms with E-state index in [2.05, 4.69) is 155 Å². The Kier molecular flexibility index (Phi) is 11.0. The summed E-state index contributed by atoms with van der Waals surface area (Å²) in [4.78, 5) is 0. The molecular formula is C60H50O3. The first kappa shape index (κ1) is 40.8. The number of aromatic hydroxyl groups is 3. The van der Waals surface area contributed by atoms with Crippen LogP contribution in [0, 0.1) is 12.3 Å². The average Bonchev–Trinajstić information content (AvgIpc) is 3.29. The zero-order valence-corrected chi connectivity index (χ0v) is 36.1. The fourth-order valence-electron chi connectivity index (χ4n) is 8.94. The fraction of sp³-hybridized carbons (Fsp3) is 0.100. The van der Waals surface area contributed by atoms with Gasteiger partial charge >= 0.3 is 0 Å². The van der Waals surface area contributed by atoms with E-state index >= 15 is 0 Å². The number of phenolic OH excluding ortho intramolecular Hbond substituents is 3. The van der Waals surface area contributed by atoms with Crippen LogP contribution in [-0.2, 0) is 6.42 Å². The Balaban J connectivity index is 1.36. The highest BCUT2D eigenvalue weighted by Gasteiger charge is 2.26. The second-order valence-electron chi connectivity index (χ2n) is 17.7. The molecule has 0 fully saturated rings. The van der Waals surface area contributed by atoms with Gasteiger partial charge in [0.1, 0.15) is 17.2 Å². The molecule has 0 aliphatic rings. The van der Waals surface area contributed by atoms with Gasteiger partial charge in [-0.3, -0.25) is 0 Å². The maximum absolute atomic E-state index is 10.5. The lowest BCUT2D eigenvalue weighted by Crippen LogP contribution is -2.11. The number of hydrogen-bond acceptors (Lipinski definition) is 3. The van der Waals surface area contributed by atoms with E-state index in [-0.39, 0.29) is 22.7 Å². The molecule has 0 amide bonds. The van der Waals surface area contributed by atoms with Gasteiger partial charge in [-0.25, -0.2) is 0 Å². The molecular weight excluding hydrogens is 769 g/mol. The zero-order chi connectivity index (χ0) is 43.7. The number of phenols is 3. The van der Waals surface area contributed by atoms with E-state index in [0.29, 0.717) is 0 Å². The molecule has 3 heteroatoms. The molecule has 3 N–H and O–H groups in total. The van der Waals surface area contributed by atoms with Crippen LogP contribution < -0.4 is 0 Å². The van der Waals surface area contributed by atoms with Gasteiger partial charge < -0.3 is 15.3 Å². The van der Waals surface area contributed by atoms with Crippen LogP contribution in [0.3, 0.4) is 0 Å². The van der Waals surface area contributed by atoms with Crippen molar-refractivity contribution in [3.63, 3.8) is 0 Å². The Morgan fingerprint density at radius 1 is 0.317 bits per heavy atom. The SMILES string of the molecule is Cc1ccc(-c2ccc(-c3ccc(O)cc3)c(-c3ccccc3)c2-c2ccc(-c3c(-c4ccc(O)cc4)cc(CC(C)(C)C)c(-c4ccc(O)cc4)c3-c3ccccc3)cc2)cc1. The first-order valence-electron chi connectivity index (χ1n) is 21.5. The van der Waals surface area contributed by atoms with Crippen molar-refractivity contribution in [2.45, 2.75) is 34.1 Å². The highest BCUT2D eigenvalue weighted by Crippen LogP contribution is 2.51. The van der Waals surface area contributed by atoms with E-state index in [4.69, 9.17) is 0 Å². The molecule has 9 aromatic rings. The van der Waals surface area contributed by atoms with Crippen molar-refractivity contribution in [2.24, 2.45) is 5.41 Å². The standard InChI is InChI=1S/C60H50O3/c1-39-15-17-40(18-16-39)52-35-36-53(41-23-29-49(61)30-24-41)56(43-11-7-5-8-12-43)57(52)46-19-21-47(22-20-46)58-54(42-25-31-50(62)32-26-42)37-48(38-60(2,3)4)55(45-27-33-51(63)34-28-45)59(58)44-13-9-6-10-14-44/h5-37,61-63H,38H2,1-4H3. The molecule has 0 aromatic heterocycles. The lowest BCUT2D eigenvalue weighted by molar-refractivity contribution is 0.412. The highest BCUT2D eigenvalue weighted by atomic mass is 16.3. The molecule has 0 saturated carbocycles. The molecule has 308 valence electrons. The molecule has 0 saturated heterocycles. The second kappa shape index (κ2) is 17.0. The first-order valence-corrected chi connectivity index (χ1v) is 21.5. The van der Waals surface area contributed by atoms with Crippen LogP contribution in [0.5, 0.6) is 17.2 Å². The fourth-order valence-corrected chi connectivity index (χ4v) is 8.94. The summed E-state index contributed by atoms with van der Waals surface area (Å²) in [6, 6.07) is 68.4. The van der Waals surface area contributed by atoms with E-state index in [0.717, 1.165) is 95.4 Å². The van der Waals surface area contributed by atoms with Crippen LogP contribution in [0.4, 0.5) is 0 Å². The van der Waals surface area contributed by atoms with Crippen LogP contribution in [0.25, 0.3) is 89.0 Å². The van der Waals surface area contributed by atoms with Gasteiger partial charge in [0.15, 0.2) is 0 Å². The summed E-state index contributed by atoms with van der Waals surface area (Å²) in [6.07, 6.45) is 0.814. The summed E-state index contributed by atoms with van der Waals surface area (Å²) in [5, 5.41) is 31.2. The molecule has 0 aliphatic carbocycles. The smallest absolute Gasteiger partial charge is 0.115 e. The molecule has 0 aliphatic heterocycles. The van der Waals surface area contributed by atoms with Crippen LogP contribution in [0.2, 0.25) is 0 Å². The van der Waals surface area contributed by atoms with Crippen molar-refractivity contribution < 1.29 is 15.3 Å². The predicted octanol–water partition coefficient (Wildman–Crippen LogP) is 16.0. The molecule has 0 unspecified atom stereocenters. The van der Waals surface area contributed by atoms with Gasteiger partial charge in [-0.1, -0.05) is 184 Å². The molecule has 9 rings (SSSR count). The lowest BCUT2D eigenvalue weighted by Gasteiger charge is -2.27. The molecule has 3 nitrogen and oxygen atoms in total. The van der Waals surface area contributed by atoms with Crippen LogP contribution in [0.1, 0.15) is 31.9 Å². The predicted molar refractivity (Wildman–Crippen MR) is 263 cm³/mol. The summed E-state index contributed by atoms with van der Waals surface area (Å²) in [6.45, 7) is 8.93. The van der Waals surface area contributed by atoms with Crippen molar-refractivity contribution in [3.8, 4) is 106 Å². The van der Waals surface area contributed by atoms with E-state index in [9.17, 15) is 15.3 Å². The molecule has 0 bridgehead atoms. The van der Waals surface area contributed by atoms with E-state index in [1.54, 1.807) is 36.4 Å². The first-order chi connectivity index (χ1) is 30.5. The monoisotopic (exact) mass is 818 g/mol. The normalized spacial score (nSPS) is 11.4. The molecule has 0 radical (unpaired) electrons. The maximum Gasteiger partial charge on any atom is 0.115 e. The van der Waals surface area contributed by atoms with E-state index < -0.39 is 0 Å². The van der Waals surface area contributed by atoms with Gasteiger partial charge in [-0.2, -0.15) is 0 Å². The van der Waals surface area contributed by atoms with Crippen molar-refractivity contribution >= 4 is 0 Å². The highest BCUT2D eigenvalue weighted by molar-refractivity contribution is 6.05. The van der Waals surface area contributed by atoms with Crippen molar-refractivity contribution in [1.82, 2.24) is 0 Å². The van der Waals surface area contributed by atoms with Crippen molar-refractivity contribution in [1.29, 1.82) is 0 Å². The Morgan fingerprint density at radius 3 is 1.06 bits per heavy atom. The summed E-state index contributed by atoms with van der Waals surface area (Å²) < 4.78 is 0. The Labute approximate surface area is 370 Å². The summed E-state index contributed by atoms with van der Waals surface area (Å²) in [5.74, 6) is 0.675. The van der Waals surface area contributed by atoms with E-state index in [1.165, 1.54) is 11.1 Å². The van der Waals surface area contributed by atoms with Crippen LogP contribution in [0.15, 0.2) is 200 Å². The van der Waals surface area contributed by atoms with Crippen LogP contribution >= 0.6 is 0 Å². The Hall–Kier alpha value is -7.62. The Bertz CT molecular complexity index is 3010. The van der Waals surface area contributed by atoms with Gasteiger partial charge in [0.25, 0.3) is 0 Å². The zero-order valence-electron chi connectivity index (χ0n) is 36.1. The third kappa shape index (κ3) is 8.51. The van der Waals surface area contributed by atoms with E-state index in [1.807, 2.05) is 36.4 Å². The van der Waals surface area contributed by atoms with Gasteiger partial charge in [-0.05, 0) is 156 Å². The molecule has 0 spiro atoms. The minimum Gasteiger partial charge on any atom is -0.508 e. The maximum atomic E-state index is 10.5. The number of benzene rings is 9. The largest absolute Gasteiger partial charge is 0.508 e. The van der Waals surface area contributed by atoms with Crippen molar-refractivity contribution in [3.05, 3.63) is 211 Å². The minimum absolute atomic E-state index is 0.0324. The van der Waals surface area contributed by atoms with Crippen molar-refractivity contribution in [2.75, 3.05) is 0 Å². The number of rotatable bonds is 9. The Morgan fingerprint density at radius 2 is 0.635 bits per heavy atom. The molecule has 9 aromatic carbocycles. The average molecular weight is 819 g/mol. The topological polar surface area (TPSA) is 60.7 Å². The third-order valence-corrected chi connectivity index (χ3v) is 11.8. The second-order valence-corrected chi connectivity index (χ2v) is 17.7. The van der Waals surface area contributed by atoms with Gasteiger partial charge in [0.05, 0.1) is 0 Å². The minimum atomic E-state index is -0.0324. The molecule has 0 heterocycles. The van der Waals surface area contributed by atoms with Gasteiger partial charge in [0, 0.05) is 0 Å². The quantitative estimate of drug-likeness (QED) is 0.136. The molecule has 63 heavy (non-hydrogen) atoms. The molecule has 0 atom stereocenters. The number of aryl methyl sites for hydroxylation is 1. The summed E-state index contributed by atoms with van der Waals surface area (Å²) in [5.41, 5.74) is 19.7. The van der Waals surface area contributed by atoms with Crippen LogP contribution in [-0.4, -0.2) is 15.3 Å².